The van der Waals surface area contributed by atoms with Crippen LogP contribution in [0.25, 0.3) is 0 Å². The van der Waals surface area contributed by atoms with Gasteiger partial charge in [-0.3, -0.25) is 9.48 Å². The van der Waals surface area contributed by atoms with Crippen molar-refractivity contribution in [3.63, 3.8) is 0 Å². The van der Waals surface area contributed by atoms with Crippen LogP contribution in [0.1, 0.15) is 46.0 Å². The van der Waals surface area contributed by atoms with Gasteiger partial charge in [0.1, 0.15) is 12.7 Å². The molecular formula is C13H22N4O. The zero-order valence-corrected chi connectivity index (χ0v) is 11.2. The SMILES string of the molecule is C[C@H](Cn1cncn1)NC(=O)C1(C)CCCCC1. The molecule has 5 heteroatoms. The molecule has 1 aliphatic carbocycles. The van der Waals surface area contributed by atoms with Crippen LogP contribution in [0.2, 0.25) is 0 Å². The summed E-state index contributed by atoms with van der Waals surface area (Å²) >= 11 is 0. The van der Waals surface area contributed by atoms with Crippen LogP contribution in [0.5, 0.6) is 0 Å². The molecule has 0 unspecified atom stereocenters. The van der Waals surface area contributed by atoms with E-state index in [1.165, 1.54) is 25.6 Å². The Morgan fingerprint density at radius 2 is 2.17 bits per heavy atom. The molecule has 1 aromatic rings. The molecule has 18 heavy (non-hydrogen) atoms. The predicted octanol–water partition coefficient (Wildman–Crippen LogP) is 1.75. The largest absolute Gasteiger partial charge is 0.351 e. The highest BCUT2D eigenvalue weighted by Gasteiger charge is 2.34. The molecule has 5 nitrogen and oxygen atoms in total. The summed E-state index contributed by atoms with van der Waals surface area (Å²) in [6, 6.07) is 0.0814. The van der Waals surface area contributed by atoms with E-state index in [9.17, 15) is 4.79 Å². The number of rotatable bonds is 4. The maximum Gasteiger partial charge on any atom is 0.226 e. The van der Waals surface area contributed by atoms with Gasteiger partial charge >= 0.3 is 0 Å². The molecule has 0 spiro atoms. The van der Waals surface area contributed by atoms with E-state index in [0.29, 0.717) is 6.54 Å². The standard InChI is InChI=1S/C13H22N4O/c1-11(8-17-10-14-9-15-17)16-12(18)13(2)6-4-3-5-7-13/h9-11H,3-8H2,1-2H3,(H,16,18)/t11-/m1/s1. The van der Waals surface area contributed by atoms with Gasteiger partial charge in [-0.25, -0.2) is 4.98 Å². The van der Waals surface area contributed by atoms with Gasteiger partial charge in [0.25, 0.3) is 0 Å². The van der Waals surface area contributed by atoms with Crippen molar-refractivity contribution in [1.82, 2.24) is 20.1 Å². The second kappa shape index (κ2) is 5.50. The van der Waals surface area contributed by atoms with Gasteiger partial charge in [-0.05, 0) is 19.8 Å². The molecule has 1 atom stereocenters. The van der Waals surface area contributed by atoms with Crippen LogP contribution >= 0.6 is 0 Å². The molecule has 0 aromatic carbocycles. The number of nitrogens with zero attached hydrogens (tertiary/aromatic N) is 3. The van der Waals surface area contributed by atoms with Crippen molar-refractivity contribution in [3.05, 3.63) is 12.7 Å². The van der Waals surface area contributed by atoms with Crippen LogP contribution in [0.3, 0.4) is 0 Å². The Labute approximate surface area is 108 Å². The molecule has 1 saturated carbocycles. The Hall–Kier alpha value is -1.39. The molecule has 1 aliphatic rings. The van der Waals surface area contributed by atoms with E-state index in [1.54, 1.807) is 11.0 Å². The van der Waals surface area contributed by atoms with E-state index in [4.69, 9.17) is 0 Å². The molecule has 2 rings (SSSR count). The zero-order valence-electron chi connectivity index (χ0n) is 11.2. The first-order chi connectivity index (χ1) is 8.60. The molecular weight excluding hydrogens is 228 g/mol. The molecule has 1 N–H and O–H groups in total. The van der Waals surface area contributed by atoms with Crippen LogP contribution < -0.4 is 5.32 Å². The van der Waals surface area contributed by atoms with Crippen LogP contribution in [-0.4, -0.2) is 26.7 Å². The molecule has 1 amide bonds. The fraction of sp³-hybridized carbons (Fsp3) is 0.769. The smallest absolute Gasteiger partial charge is 0.226 e. The average Bonchev–Trinajstić information content (AvgIpc) is 2.82. The van der Waals surface area contributed by atoms with Crippen molar-refractivity contribution in [2.24, 2.45) is 5.41 Å². The van der Waals surface area contributed by atoms with Gasteiger partial charge in [-0.15, -0.1) is 0 Å². The van der Waals surface area contributed by atoms with Crippen molar-refractivity contribution in [1.29, 1.82) is 0 Å². The van der Waals surface area contributed by atoms with Gasteiger partial charge in [0.2, 0.25) is 5.91 Å². The van der Waals surface area contributed by atoms with Gasteiger partial charge in [0, 0.05) is 11.5 Å². The fourth-order valence-electron chi connectivity index (χ4n) is 2.61. The maximum atomic E-state index is 12.3. The van der Waals surface area contributed by atoms with Gasteiger partial charge in [0.05, 0.1) is 6.54 Å². The summed E-state index contributed by atoms with van der Waals surface area (Å²) in [6.45, 7) is 4.76. The van der Waals surface area contributed by atoms with Crippen LogP contribution in [-0.2, 0) is 11.3 Å². The number of hydrogen-bond donors (Lipinski definition) is 1. The van der Waals surface area contributed by atoms with E-state index < -0.39 is 0 Å². The summed E-state index contributed by atoms with van der Waals surface area (Å²) in [5.74, 6) is 0.190. The highest BCUT2D eigenvalue weighted by atomic mass is 16.2. The summed E-state index contributed by atoms with van der Waals surface area (Å²) in [7, 11) is 0. The van der Waals surface area contributed by atoms with Gasteiger partial charge in [-0.1, -0.05) is 26.2 Å². The second-order valence-electron chi connectivity index (χ2n) is 5.61. The molecule has 1 heterocycles. The minimum absolute atomic E-state index is 0.0814. The third-order valence-electron chi connectivity index (χ3n) is 3.81. The van der Waals surface area contributed by atoms with E-state index in [0.717, 1.165) is 12.8 Å². The lowest BCUT2D eigenvalue weighted by atomic mass is 9.75. The summed E-state index contributed by atoms with van der Waals surface area (Å²) < 4.78 is 1.74. The quantitative estimate of drug-likeness (QED) is 0.885. The highest BCUT2D eigenvalue weighted by Crippen LogP contribution is 2.35. The second-order valence-corrected chi connectivity index (χ2v) is 5.61. The van der Waals surface area contributed by atoms with Crippen molar-refractivity contribution >= 4 is 5.91 Å². The molecule has 0 bridgehead atoms. The number of nitrogens with one attached hydrogen (secondary N) is 1. The van der Waals surface area contributed by atoms with Crippen molar-refractivity contribution < 1.29 is 4.79 Å². The molecule has 0 saturated heterocycles. The van der Waals surface area contributed by atoms with Crippen LogP contribution in [0, 0.1) is 5.41 Å². The molecule has 1 fully saturated rings. The Morgan fingerprint density at radius 3 is 2.78 bits per heavy atom. The average molecular weight is 250 g/mol. The van der Waals surface area contributed by atoms with E-state index in [-0.39, 0.29) is 17.4 Å². The highest BCUT2D eigenvalue weighted by molar-refractivity contribution is 5.82. The number of carbonyl (C=O) groups is 1. The van der Waals surface area contributed by atoms with E-state index >= 15 is 0 Å². The van der Waals surface area contributed by atoms with Gasteiger partial charge in [-0.2, -0.15) is 5.10 Å². The topological polar surface area (TPSA) is 59.8 Å². The summed E-state index contributed by atoms with van der Waals surface area (Å²) in [5.41, 5.74) is -0.172. The minimum Gasteiger partial charge on any atom is -0.351 e. The van der Waals surface area contributed by atoms with Crippen molar-refractivity contribution in [3.8, 4) is 0 Å². The monoisotopic (exact) mass is 250 g/mol. The number of amides is 1. The lowest BCUT2D eigenvalue weighted by Crippen LogP contribution is -2.45. The lowest BCUT2D eigenvalue weighted by Gasteiger charge is -2.33. The Bertz CT molecular complexity index is 382. The normalized spacial score (nSPS) is 20.3. The third-order valence-corrected chi connectivity index (χ3v) is 3.81. The maximum absolute atomic E-state index is 12.3. The van der Waals surface area contributed by atoms with Gasteiger partial charge < -0.3 is 5.32 Å². The number of hydrogen-bond acceptors (Lipinski definition) is 3. The third kappa shape index (κ3) is 3.09. The number of carbonyl (C=O) groups excluding carboxylic acids is 1. The molecule has 100 valence electrons. The van der Waals surface area contributed by atoms with Crippen LogP contribution in [0.15, 0.2) is 12.7 Å². The van der Waals surface area contributed by atoms with Crippen molar-refractivity contribution in [2.75, 3.05) is 0 Å². The predicted molar refractivity (Wildman–Crippen MR) is 68.8 cm³/mol. The first kappa shape index (κ1) is 13.1. The summed E-state index contributed by atoms with van der Waals surface area (Å²) in [4.78, 5) is 16.2. The van der Waals surface area contributed by atoms with E-state index in [1.807, 2.05) is 6.92 Å². The zero-order chi connectivity index (χ0) is 13.0. The first-order valence-electron chi connectivity index (χ1n) is 6.73. The first-order valence-corrected chi connectivity index (χ1v) is 6.73. The summed E-state index contributed by atoms with van der Waals surface area (Å²) in [6.07, 6.45) is 8.80. The minimum atomic E-state index is -0.172. The molecule has 1 aromatic heterocycles. The fourth-order valence-corrected chi connectivity index (χ4v) is 2.61. The Kier molecular flexibility index (Phi) is 3.99. The lowest BCUT2D eigenvalue weighted by molar-refractivity contribution is -0.132. The molecule has 0 radical (unpaired) electrons. The van der Waals surface area contributed by atoms with Crippen molar-refractivity contribution in [2.45, 2.75) is 58.5 Å². The Morgan fingerprint density at radius 1 is 1.44 bits per heavy atom. The number of aromatic nitrogens is 3. The van der Waals surface area contributed by atoms with Gasteiger partial charge in [0.15, 0.2) is 0 Å². The summed E-state index contributed by atoms with van der Waals surface area (Å²) in [5, 5.41) is 7.15. The molecule has 0 aliphatic heterocycles. The Balaban J connectivity index is 1.86. The van der Waals surface area contributed by atoms with Crippen LogP contribution in [0.4, 0.5) is 0 Å². The van der Waals surface area contributed by atoms with E-state index in [2.05, 4.69) is 22.3 Å².